The topological polar surface area (TPSA) is 59.1 Å². The Kier molecular flexibility index (Phi) is 3.09. The van der Waals surface area contributed by atoms with Crippen molar-refractivity contribution < 1.29 is 5.11 Å². The summed E-state index contributed by atoms with van der Waals surface area (Å²) < 4.78 is 0. The van der Waals surface area contributed by atoms with Gasteiger partial charge >= 0.3 is 0 Å². The van der Waals surface area contributed by atoms with E-state index in [1.54, 1.807) is 6.20 Å². The second kappa shape index (κ2) is 4.76. The summed E-state index contributed by atoms with van der Waals surface area (Å²) in [5.74, 6) is 0. The van der Waals surface area contributed by atoms with Crippen LogP contribution in [-0.2, 0) is 11.8 Å². The van der Waals surface area contributed by atoms with Gasteiger partial charge in [0.15, 0.2) is 0 Å². The summed E-state index contributed by atoms with van der Waals surface area (Å²) in [4.78, 5) is 4.28. The van der Waals surface area contributed by atoms with E-state index in [4.69, 9.17) is 5.73 Å². The molecule has 1 aliphatic rings. The van der Waals surface area contributed by atoms with Crippen LogP contribution in [0.1, 0.15) is 29.3 Å². The third-order valence-electron chi connectivity index (χ3n) is 4.25. The largest absolute Gasteiger partial charge is 0.386 e. The van der Waals surface area contributed by atoms with Crippen LogP contribution in [0, 0.1) is 0 Å². The highest BCUT2D eigenvalue weighted by atomic mass is 16.3. The van der Waals surface area contributed by atoms with Crippen LogP contribution < -0.4 is 5.73 Å². The fourth-order valence-electron chi connectivity index (χ4n) is 3.14. The molecule has 0 spiro atoms. The Morgan fingerprint density at radius 2 is 2.00 bits per heavy atom. The lowest BCUT2D eigenvalue weighted by Crippen LogP contribution is -2.39. The Labute approximate surface area is 113 Å². The second-order valence-electron chi connectivity index (χ2n) is 5.17. The summed E-state index contributed by atoms with van der Waals surface area (Å²) in [6, 6.07) is 13.9. The van der Waals surface area contributed by atoms with E-state index in [0.717, 1.165) is 12.8 Å². The first-order valence-corrected chi connectivity index (χ1v) is 6.65. The van der Waals surface area contributed by atoms with Gasteiger partial charge < -0.3 is 10.8 Å². The summed E-state index contributed by atoms with van der Waals surface area (Å²) in [5, 5.41) is 10.8. The van der Waals surface area contributed by atoms with E-state index in [9.17, 15) is 5.11 Å². The van der Waals surface area contributed by atoms with Gasteiger partial charge in [0.05, 0.1) is 5.69 Å². The number of aliphatic hydroxyl groups excluding tert-OH is 1. The highest BCUT2D eigenvalue weighted by molar-refractivity contribution is 5.42. The van der Waals surface area contributed by atoms with Crippen LogP contribution in [0.15, 0.2) is 48.7 Å². The van der Waals surface area contributed by atoms with Crippen molar-refractivity contribution in [1.29, 1.82) is 0 Å². The fourth-order valence-corrected chi connectivity index (χ4v) is 3.14. The lowest BCUT2D eigenvalue weighted by molar-refractivity contribution is 0.0802. The zero-order valence-corrected chi connectivity index (χ0v) is 10.8. The summed E-state index contributed by atoms with van der Waals surface area (Å²) in [5.41, 5.74) is 8.81. The molecule has 3 nitrogen and oxygen atoms in total. The Bertz CT molecular complexity index is 570. The first-order chi connectivity index (χ1) is 9.28. The molecular formula is C16H18N2O. The molecule has 1 aromatic carbocycles. The van der Waals surface area contributed by atoms with E-state index < -0.39 is 11.5 Å². The Morgan fingerprint density at radius 1 is 1.21 bits per heavy atom. The average molecular weight is 254 g/mol. The van der Waals surface area contributed by atoms with Gasteiger partial charge in [0.1, 0.15) is 6.10 Å². The van der Waals surface area contributed by atoms with Crippen LogP contribution in [0.4, 0.5) is 0 Å². The van der Waals surface area contributed by atoms with Crippen molar-refractivity contribution in [3.8, 4) is 0 Å². The number of pyridine rings is 1. The van der Waals surface area contributed by atoms with Gasteiger partial charge in [0.25, 0.3) is 0 Å². The normalized spacial score (nSPS) is 23.1. The summed E-state index contributed by atoms with van der Waals surface area (Å²) in [7, 11) is 0. The van der Waals surface area contributed by atoms with Crippen LogP contribution in [0.3, 0.4) is 0 Å². The zero-order chi connectivity index (χ0) is 13.3. The van der Waals surface area contributed by atoms with Gasteiger partial charge in [-0.05, 0) is 36.1 Å². The van der Waals surface area contributed by atoms with Crippen LogP contribution in [-0.4, -0.2) is 16.6 Å². The Morgan fingerprint density at radius 3 is 2.74 bits per heavy atom. The molecule has 2 aromatic rings. The van der Waals surface area contributed by atoms with Crippen molar-refractivity contribution in [2.24, 2.45) is 5.73 Å². The van der Waals surface area contributed by atoms with Gasteiger partial charge in [-0.2, -0.15) is 0 Å². The Hall–Kier alpha value is -1.71. The number of aromatic nitrogens is 1. The van der Waals surface area contributed by atoms with Gasteiger partial charge in [0.2, 0.25) is 0 Å². The molecule has 0 amide bonds. The number of nitrogens with two attached hydrogens (primary N) is 1. The molecule has 3 N–H and O–H groups in total. The molecular weight excluding hydrogens is 236 g/mol. The lowest BCUT2D eigenvalue weighted by Gasteiger charge is -2.34. The highest BCUT2D eigenvalue weighted by Crippen LogP contribution is 2.46. The minimum atomic E-state index is -0.651. The van der Waals surface area contributed by atoms with Crippen LogP contribution in [0.5, 0.6) is 0 Å². The van der Waals surface area contributed by atoms with Crippen molar-refractivity contribution in [1.82, 2.24) is 4.98 Å². The van der Waals surface area contributed by atoms with E-state index >= 15 is 0 Å². The van der Waals surface area contributed by atoms with Gasteiger partial charge in [-0.15, -0.1) is 0 Å². The number of fused-ring (bicyclic) bond motifs is 1. The number of nitrogens with zero attached hydrogens (tertiary/aromatic N) is 1. The molecule has 0 saturated carbocycles. The zero-order valence-electron chi connectivity index (χ0n) is 10.8. The van der Waals surface area contributed by atoms with Crippen molar-refractivity contribution in [2.75, 3.05) is 6.54 Å². The maximum Gasteiger partial charge on any atom is 0.107 e. The molecule has 1 aromatic heterocycles. The molecule has 19 heavy (non-hydrogen) atoms. The van der Waals surface area contributed by atoms with Crippen molar-refractivity contribution >= 4 is 0 Å². The molecule has 0 aliphatic heterocycles. The number of rotatable bonds is 3. The van der Waals surface area contributed by atoms with E-state index in [1.807, 2.05) is 30.3 Å². The van der Waals surface area contributed by atoms with E-state index in [0.29, 0.717) is 12.2 Å². The van der Waals surface area contributed by atoms with Crippen molar-refractivity contribution in [2.45, 2.75) is 24.4 Å². The molecule has 2 atom stereocenters. The first kappa shape index (κ1) is 12.3. The highest BCUT2D eigenvalue weighted by Gasteiger charge is 2.44. The van der Waals surface area contributed by atoms with Gasteiger partial charge in [-0.3, -0.25) is 4.98 Å². The molecule has 0 bridgehead atoms. The van der Waals surface area contributed by atoms with E-state index in [1.165, 1.54) is 11.1 Å². The van der Waals surface area contributed by atoms with Gasteiger partial charge in [0, 0.05) is 18.2 Å². The van der Waals surface area contributed by atoms with E-state index in [-0.39, 0.29) is 0 Å². The number of aliphatic hydroxyl groups is 1. The molecule has 0 fully saturated rings. The molecule has 98 valence electrons. The molecule has 0 saturated heterocycles. The van der Waals surface area contributed by atoms with Gasteiger partial charge in [-0.25, -0.2) is 0 Å². The summed E-state index contributed by atoms with van der Waals surface area (Å²) >= 11 is 0. The molecule has 3 rings (SSSR count). The predicted molar refractivity (Wildman–Crippen MR) is 74.7 cm³/mol. The minimum Gasteiger partial charge on any atom is -0.386 e. The van der Waals surface area contributed by atoms with Gasteiger partial charge in [-0.1, -0.05) is 30.3 Å². The maximum absolute atomic E-state index is 10.8. The Balaban J connectivity index is 2.06. The molecule has 1 heterocycles. The molecule has 2 unspecified atom stereocenters. The summed E-state index contributed by atoms with van der Waals surface area (Å²) in [6.07, 6.45) is 2.91. The second-order valence-corrected chi connectivity index (χ2v) is 5.17. The molecule has 3 heteroatoms. The van der Waals surface area contributed by atoms with Crippen LogP contribution in [0.25, 0.3) is 0 Å². The minimum absolute atomic E-state index is 0.398. The number of hydrogen-bond donors (Lipinski definition) is 2. The number of aryl methyl sites for hydroxylation is 1. The lowest BCUT2D eigenvalue weighted by atomic mass is 9.75. The van der Waals surface area contributed by atoms with Crippen molar-refractivity contribution in [3.05, 3.63) is 65.5 Å². The monoisotopic (exact) mass is 254 g/mol. The van der Waals surface area contributed by atoms with Crippen molar-refractivity contribution in [3.63, 3.8) is 0 Å². The number of hydrogen-bond acceptors (Lipinski definition) is 3. The maximum atomic E-state index is 10.8. The standard InChI is InChI=1S/C16H18N2O/c17-11-16(15(19)14-7-3-4-10-18-14)9-8-12-5-1-2-6-13(12)16/h1-7,10,15,19H,8-9,11,17H2. The molecule has 0 radical (unpaired) electrons. The average Bonchev–Trinajstić information content (AvgIpc) is 2.87. The first-order valence-electron chi connectivity index (χ1n) is 6.65. The molecule has 1 aliphatic carbocycles. The smallest absolute Gasteiger partial charge is 0.107 e. The fraction of sp³-hybridized carbons (Fsp3) is 0.312. The van der Waals surface area contributed by atoms with Crippen LogP contribution in [0.2, 0.25) is 0 Å². The number of benzene rings is 1. The van der Waals surface area contributed by atoms with E-state index in [2.05, 4.69) is 17.1 Å². The third kappa shape index (κ3) is 1.86. The predicted octanol–water partition coefficient (Wildman–Crippen LogP) is 1.96. The SMILES string of the molecule is NCC1(C(O)c2ccccn2)CCc2ccccc21. The third-order valence-corrected chi connectivity index (χ3v) is 4.25. The quantitative estimate of drug-likeness (QED) is 0.880. The van der Waals surface area contributed by atoms with Crippen LogP contribution >= 0.6 is 0 Å². The summed E-state index contributed by atoms with van der Waals surface area (Å²) in [6.45, 7) is 0.432.